The summed E-state index contributed by atoms with van der Waals surface area (Å²) in [6, 6.07) is 5.28. The third-order valence-electron chi connectivity index (χ3n) is 3.23. The van der Waals surface area contributed by atoms with Crippen LogP contribution in [-0.2, 0) is 24.3 Å². The molecule has 1 heterocycles. The number of aromatic nitrogens is 3. The van der Waals surface area contributed by atoms with Crippen molar-refractivity contribution in [2.45, 2.75) is 31.6 Å². The van der Waals surface area contributed by atoms with E-state index in [0.29, 0.717) is 23.1 Å². The van der Waals surface area contributed by atoms with Gasteiger partial charge in [0.1, 0.15) is 5.82 Å². The van der Waals surface area contributed by atoms with E-state index >= 15 is 0 Å². The molecule has 8 heteroatoms. The first-order valence-electron chi connectivity index (χ1n) is 7.41. The number of carbonyl (C=O) groups excluding carboxylic acids is 1. The first-order chi connectivity index (χ1) is 11.5. The lowest BCUT2D eigenvalue weighted by atomic mass is 10.2. The Hall–Kier alpha value is -1.50. The van der Waals surface area contributed by atoms with Gasteiger partial charge in [-0.3, -0.25) is 4.79 Å². The maximum atomic E-state index is 12.0. The SMILES string of the molecule is C=CCn1c(CC)nnc1SCC(=O)NCc1ccc(Cl)c(Cl)c1. The highest BCUT2D eigenvalue weighted by Crippen LogP contribution is 2.22. The van der Waals surface area contributed by atoms with Crippen molar-refractivity contribution in [1.29, 1.82) is 0 Å². The van der Waals surface area contributed by atoms with Gasteiger partial charge in [0.25, 0.3) is 0 Å². The second kappa shape index (κ2) is 9.11. The number of nitrogens with zero attached hydrogens (tertiary/aromatic N) is 3. The van der Waals surface area contributed by atoms with Crippen molar-refractivity contribution in [2.24, 2.45) is 0 Å². The molecule has 0 bridgehead atoms. The van der Waals surface area contributed by atoms with E-state index in [0.717, 1.165) is 23.0 Å². The summed E-state index contributed by atoms with van der Waals surface area (Å²) in [5.41, 5.74) is 0.894. The van der Waals surface area contributed by atoms with Crippen LogP contribution >= 0.6 is 35.0 Å². The number of rotatable bonds is 8. The van der Waals surface area contributed by atoms with Crippen LogP contribution in [0.15, 0.2) is 36.0 Å². The molecule has 0 saturated carbocycles. The number of hydrogen-bond acceptors (Lipinski definition) is 4. The molecule has 0 aliphatic carbocycles. The summed E-state index contributed by atoms with van der Waals surface area (Å²) in [5, 5.41) is 12.8. The summed E-state index contributed by atoms with van der Waals surface area (Å²) in [4.78, 5) is 12.0. The van der Waals surface area contributed by atoms with Gasteiger partial charge in [-0.05, 0) is 17.7 Å². The third kappa shape index (κ3) is 5.00. The van der Waals surface area contributed by atoms with E-state index in [2.05, 4.69) is 22.1 Å². The van der Waals surface area contributed by atoms with Crippen LogP contribution in [0.1, 0.15) is 18.3 Å². The van der Waals surface area contributed by atoms with Crippen LogP contribution in [0.25, 0.3) is 0 Å². The first-order valence-corrected chi connectivity index (χ1v) is 9.15. The summed E-state index contributed by atoms with van der Waals surface area (Å²) >= 11 is 13.2. The van der Waals surface area contributed by atoms with Gasteiger partial charge in [-0.15, -0.1) is 16.8 Å². The zero-order valence-corrected chi connectivity index (χ0v) is 15.6. The fraction of sp³-hybridized carbons (Fsp3) is 0.312. The maximum Gasteiger partial charge on any atom is 0.230 e. The van der Waals surface area contributed by atoms with Crippen molar-refractivity contribution in [2.75, 3.05) is 5.75 Å². The highest BCUT2D eigenvalue weighted by molar-refractivity contribution is 7.99. The average Bonchev–Trinajstić information content (AvgIpc) is 2.96. The zero-order chi connectivity index (χ0) is 17.5. The van der Waals surface area contributed by atoms with Gasteiger partial charge in [0, 0.05) is 19.5 Å². The van der Waals surface area contributed by atoms with Crippen molar-refractivity contribution in [3.05, 3.63) is 52.3 Å². The van der Waals surface area contributed by atoms with Crippen LogP contribution in [-0.4, -0.2) is 26.4 Å². The van der Waals surface area contributed by atoms with E-state index in [1.807, 2.05) is 17.6 Å². The Balaban J connectivity index is 1.88. The molecule has 1 aromatic carbocycles. The normalized spacial score (nSPS) is 10.6. The number of nitrogens with one attached hydrogen (secondary N) is 1. The number of aryl methyl sites for hydroxylation is 1. The van der Waals surface area contributed by atoms with Crippen molar-refractivity contribution in [3.8, 4) is 0 Å². The monoisotopic (exact) mass is 384 g/mol. The Morgan fingerprint density at radius 2 is 2.17 bits per heavy atom. The molecule has 1 amide bonds. The Morgan fingerprint density at radius 3 is 2.83 bits per heavy atom. The van der Waals surface area contributed by atoms with Gasteiger partial charge in [-0.2, -0.15) is 0 Å². The van der Waals surface area contributed by atoms with E-state index in [1.165, 1.54) is 11.8 Å². The van der Waals surface area contributed by atoms with Gasteiger partial charge in [0.05, 0.1) is 15.8 Å². The van der Waals surface area contributed by atoms with Gasteiger partial charge in [-0.1, -0.05) is 54.0 Å². The molecule has 0 saturated heterocycles. The fourth-order valence-electron chi connectivity index (χ4n) is 2.03. The number of amides is 1. The molecule has 2 rings (SSSR count). The molecule has 5 nitrogen and oxygen atoms in total. The smallest absolute Gasteiger partial charge is 0.230 e. The lowest BCUT2D eigenvalue weighted by Gasteiger charge is -2.08. The summed E-state index contributed by atoms with van der Waals surface area (Å²) < 4.78 is 1.96. The van der Waals surface area contributed by atoms with E-state index in [4.69, 9.17) is 23.2 Å². The van der Waals surface area contributed by atoms with Crippen LogP contribution in [0.4, 0.5) is 0 Å². The van der Waals surface area contributed by atoms with Crippen molar-refractivity contribution in [1.82, 2.24) is 20.1 Å². The molecule has 0 spiro atoms. The minimum Gasteiger partial charge on any atom is -0.351 e. The summed E-state index contributed by atoms with van der Waals surface area (Å²) in [5.74, 6) is 1.06. The average molecular weight is 385 g/mol. The van der Waals surface area contributed by atoms with Gasteiger partial charge in [-0.25, -0.2) is 0 Å². The second-order valence-corrected chi connectivity index (χ2v) is 6.72. The number of allylic oxidation sites excluding steroid dienone is 1. The summed E-state index contributed by atoms with van der Waals surface area (Å²) in [7, 11) is 0. The quantitative estimate of drug-likeness (QED) is 0.556. The first kappa shape index (κ1) is 18.8. The number of halogens is 2. The Morgan fingerprint density at radius 1 is 1.38 bits per heavy atom. The molecule has 0 atom stereocenters. The maximum absolute atomic E-state index is 12.0. The molecule has 0 unspecified atom stereocenters. The molecule has 24 heavy (non-hydrogen) atoms. The van der Waals surface area contributed by atoms with Crippen LogP contribution < -0.4 is 5.32 Å². The molecule has 1 N–H and O–H groups in total. The third-order valence-corrected chi connectivity index (χ3v) is 4.93. The van der Waals surface area contributed by atoms with Crippen LogP contribution in [0.3, 0.4) is 0 Å². The lowest BCUT2D eigenvalue weighted by Crippen LogP contribution is -2.24. The Bertz CT molecular complexity index is 733. The van der Waals surface area contributed by atoms with E-state index < -0.39 is 0 Å². The van der Waals surface area contributed by atoms with Crippen LogP contribution in [0.5, 0.6) is 0 Å². The highest BCUT2D eigenvalue weighted by Gasteiger charge is 2.12. The molecule has 128 valence electrons. The minimum absolute atomic E-state index is 0.0859. The summed E-state index contributed by atoms with van der Waals surface area (Å²) in [6.45, 7) is 6.78. The van der Waals surface area contributed by atoms with Gasteiger partial charge < -0.3 is 9.88 Å². The van der Waals surface area contributed by atoms with Gasteiger partial charge in [0.15, 0.2) is 5.16 Å². The van der Waals surface area contributed by atoms with Crippen molar-refractivity contribution >= 4 is 40.9 Å². The fourth-order valence-corrected chi connectivity index (χ4v) is 3.15. The standard InChI is InChI=1S/C16H18Cl2N4OS/c1-3-7-22-14(4-2)20-21-16(22)24-10-15(23)19-9-11-5-6-12(17)13(18)8-11/h3,5-6,8H,1,4,7,9-10H2,2H3,(H,19,23). The lowest BCUT2D eigenvalue weighted by molar-refractivity contribution is -0.118. The minimum atomic E-state index is -0.0859. The predicted molar refractivity (Wildman–Crippen MR) is 98.6 cm³/mol. The van der Waals surface area contributed by atoms with Gasteiger partial charge >= 0.3 is 0 Å². The highest BCUT2D eigenvalue weighted by atomic mass is 35.5. The Labute approximate surface area is 155 Å². The Kier molecular flexibility index (Phi) is 7.15. The number of thioether (sulfide) groups is 1. The number of hydrogen-bond donors (Lipinski definition) is 1. The predicted octanol–water partition coefficient (Wildman–Crippen LogP) is 3.74. The van der Waals surface area contributed by atoms with Gasteiger partial charge in [0.2, 0.25) is 5.91 Å². The molecule has 0 fully saturated rings. The molecule has 2 aromatic rings. The summed E-state index contributed by atoms with van der Waals surface area (Å²) in [6.07, 6.45) is 2.57. The molecular formula is C16H18Cl2N4OS. The molecule has 0 radical (unpaired) electrons. The molecule has 1 aromatic heterocycles. The largest absolute Gasteiger partial charge is 0.351 e. The molecule has 0 aliphatic heterocycles. The topological polar surface area (TPSA) is 59.8 Å². The van der Waals surface area contributed by atoms with Crippen molar-refractivity contribution < 1.29 is 4.79 Å². The number of carbonyl (C=O) groups is 1. The second-order valence-electron chi connectivity index (χ2n) is 4.97. The zero-order valence-electron chi connectivity index (χ0n) is 13.3. The van der Waals surface area contributed by atoms with Crippen molar-refractivity contribution in [3.63, 3.8) is 0 Å². The van der Waals surface area contributed by atoms with Crippen LogP contribution in [0, 0.1) is 0 Å². The van der Waals surface area contributed by atoms with E-state index in [1.54, 1.807) is 18.2 Å². The van der Waals surface area contributed by atoms with E-state index in [9.17, 15) is 4.79 Å². The molecular weight excluding hydrogens is 367 g/mol. The van der Waals surface area contributed by atoms with E-state index in [-0.39, 0.29) is 11.7 Å². The molecule has 0 aliphatic rings. The number of benzene rings is 1. The van der Waals surface area contributed by atoms with Crippen LogP contribution in [0.2, 0.25) is 10.0 Å².